The molecule has 18 aromatic rings. The van der Waals surface area contributed by atoms with Crippen molar-refractivity contribution in [2.75, 3.05) is 16.0 Å². The van der Waals surface area contributed by atoms with Crippen molar-refractivity contribution >= 4 is 110 Å². The molecule has 6 nitrogen and oxygen atoms in total. The minimum absolute atomic E-state index is 1.02. The summed E-state index contributed by atoms with van der Waals surface area (Å²) in [5.74, 6) is 0. The van der Waals surface area contributed by atoms with Crippen LogP contribution >= 0.6 is 0 Å². The molecule has 0 atom stereocenters. The first-order chi connectivity index (χ1) is 48.9. The van der Waals surface area contributed by atoms with E-state index in [1.54, 1.807) is 0 Å². The molecule has 0 saturated carbocycles. The fourth-order valence-electron chi connectivity index (χ4n) is 14.1. The molecule has 3 N–H and O–H groups in total. The van der Waals surface area contributed by atoms with E-state index in [1.807, 2.05) is 12.1 Å². The van der Waals surface area contributed by atoms with E-state index in [4.69, 9.17) is 0 Å². The summed E-state index contributed by atoms with van der Waals surface area (Å²) >= 11 is 0. The highest BCUT2D eigenvalue weighted by Gasteiger charge is 2.18. The van der Waals surface area contributed by atoms with E-state index in [0.717, 1.165) is 47.0 Å². The number of benzene rings is 15. The van der Waals surface area contributed by atoms with Crippen LogP contribution in [0.5, 0.6) is 0 Å². The topological polar surface area (TPSA) is 50.9 Å². The number of aryl methyl sites for hydroxylation is 3. The van der Waals surface area contributed by atoms with Crippen molar-refractivity contribution < 1.29 is 0 Å². The highest BCUT2D eigenvalue weighted by Crippen LogP contribution is 2.40. The largest absolute Gasteiger partial charge is 0.356 e. The van der Waals surface area contributed by atoms with E-state index < -0.39 is 0 Å². The van der Waals surface area contributed by atoms with Gasteiger partial charge in [0, 0.05) is 83.5 Å². The normalized spacial score (nSPS) is 11.3. The number of fused-ring (bicyclic) bond motifs is 10. The van der Waals surface area contributed by atoms with Gasteiger partial charge >= 0.3 is 0 Å². The second-order valence-electron chi connectivity index (χ2n) is 25.4. The molecular weight excluding hydrogens is 1200 g/mol. The third-order valence-electron chi connectivity index (χ3n) is 19.1. The van der Waals surface area contributed by atoms with Crippen LogP contribution in [0.3, 0.4) is 0 Å². The van der Waals surface area contributed by atoms with Crippen molar-refractivity contribution in [1.82, 2.24) is 13.7 Å². The standard InChI is InChI=1S/C36H28N2.C31H24N2.C26H22N2/c1-2-25-15-21-35-33(23-25)34-24-29(20-22-36(34)38(35)30-11-4-3-5-12-30)37-28-18-16-27(17-19-28)32-14-8-10-26-9-6-7-13-31(26)32;1-22-12-18-30-28(20-22)29-21-26(17-19-31(29)33(30)27-10-6-3-7-11-27)32-25-15-13-24(14-16-25)23-8-4-2-5-9-23;1-2-19-13-15-25-23(17-19)24-18-21(27-20-9-5-3-6-10-20)14-16-26(24)28(25)22-11-7-4-8-12-22/h3-24,37H,2H2,1H3;2-21,32H,1H3;3-18,27H,2H2,1H3. The molecule has 0 aliphatic carbocycles. The number of nitrogens with zero attached hydrogens (tertiary/aromatic N) is 3. The first kappa shape index (κ1) is 61.2. The molecule has 0 radical (unpaired) electrons. The second-order valence-corrected chi connectivity index (χ2v) is 25.4. The average Bonchev–Trinajstić information content (AvgIpc) is 1.61. The molecule has 3 aromatic heterocycles. The molecule has 0 amide bonds. The van der Waals surface area contributed by atoms with Crippen LogP contribution < -0.4 is 16.0 Å². The lowest BCUT2D eigenvalue weighted by Gasteiger charge is -2.11. The molecule has 99 heavy (non-hydrogen) atoms. The van der Waals surface area contributed by atoms with E-state index in [1.165, 1.54) is 132 Å². The number of para-hydroxylation sites is 4. The van der Waals surface area contributed by atoms with E-state index in [2.05, 4.69) is 390 Å². The van der Waals surface area contributed by atoms with Gasteiger partial charge in [-0.25, -0.2) is 0 Å². The maximum atomic E-state index is 3.64. The predicted molar refractivity (Wildman–Crippen MR) is 423 cm³/mol. The monoisotopic (exact) mass is 1270 g/mol. The summed E-state index contributed by atoms with van der Waals surface area (Å²) in [6, 6.07) is 125. The van der Waals surface area contributed by atoms with Gasteiger partial charge in [-0.1, -0.05) is 207 Å². The Morgan fingerprint density at radius 3 is 1.00 bits per heavy atom. The van der Waals surface area contributed by atoms with Gasteiger partial charge in [0.25, 0.3) is 0 Å². The molecule has 0 saturated heterocycles. The van der Waals surface area contributed by atoms with Crippen LogP contribution in [0.25, 0.3) is 116 Å². The molecule has 6 heteroatoms. The summed E-state index contributed by atoms with van der Waals surface area (Å²) in [5.41, 5.74) is 26.4. The minimum atomic E-state index is 1.02. The molecule has 0 fully saturated rings. The van der Waals surface area contributed by atoms with Crippen molar-refractivity contribution in [1.29, 1.82) is 0 Å². The Bertz CT molecular complexity index is 5870. The van der Waals surface area contributed by atoms with Crippen LogP contribution in [0.2, 0.25) is 0 Å². The molecular formula is C93H74N6. The molecule has 0 aliphatic heterocycles. The van der Waals surface area contributed by atoms with E-state index in [-0.39, 0.29) is 0 Å². The minimum Gasteiger partial charge on any atom is -0.356 e. The van der Waals surface area contributed by atoms with E-state index in [9.17, 15) is 0 Å². The lowest BCUT2D eigenvalue weighted by molar-refractivity contribution is 1.14. The molecule has 3 heterocycles. The van der Waals surface area contributed by atoms with Crippen molar-refractivity contribution in [3.63, 3.8) is 0 Å². The molecule has 0 bridgehead atoms. The molecule has 0 unspecified atom stereocenters. The Labute approximate surface area is 578 Å². The lowest BCUT2D eigenvalue weighted by atomic mass is 9.98. The fraction of sp³-hybridized carbons (Fsp3) is 0.0538. The van der Waals surface area contributed by atoms with Crippen molar-refractivity contribution in [2.45, 2.75) is 33.6 Å². The fourth-order valence-corrected chi connectivity index (χ4v) is 14.1. The number of hydrogen-bond donors (Lipinski definition) is 3. The van der Waals surface area contributed by atoms with Gasteiger partial charge in [0.2, 0.25) is 0 Å². The summed E-state index contributed by atoms with van der Waals surface area (Å²) in [6.07, 6.45) is 2.06. The Balaban J connectivity index is 0.000000117. The van der Waals surface area contributed by atoms with Gasteiger partial charge in [-0.05, 0) is 228 Å². The number of aromatic nitrogens is 3. The SMILES string of the molecule is CCc1ccc2c(c1)c1cc(Nc3ccc(-c4cccc5ccccc45)cc3)ccc1n2-c1ccccc1.CCc1ccc2c(c1)c1cc(Nc3ccccc3)ccc1n2-c1ccccc1.Cc1ccc2c(c1)c1cc(Nc3ccc(-c4ccccc4)cc3)ccc1n2-c1ccccc1. The van der Waals surface area contributed by atoms with Gasteiger partial charge in [-0.2, -0.15) is 0 Å². The second kappa shape index (κ2) is 27.2. The van der Waals surface area contributed by atoms with Gasteiger partial charge in [-0.3, -0.25) is 0 Å². The maximum absolute atomic E-state index is 3.64. The number of rotatable bonds is 13. The van der Waals surface area contributed by atoms with Crippen LogP contribution in [-0.4, -0.2) is 13.7 Å². The highest BCUT2D eigenvalue weighted by atomic mass is 15.0. The Kier molecular flexibility index (Phi) is 16.8. The average molecular weight is 1280 g/mol. The van der Waals surface area contributed by atoms with E-state index >= 15 is 0 Å². The Morgan fingerprint density at radius 1 is 0.232 bits per heavy atom. The number of anilines is 6. The van der Waals surface area contributed by atoms with Gasteiger partial charge in [0.15, 0.2) is 0 Å². The molecule has 476 valence electrons. The highest BCUT2D eigenvalue weighted by molar-refractivity contribution is 6.13. The predicted octanol–water partition coefficient (Wildman–Crippen LogP) is 25.5. The van der Waals surface area contributed by atoms with E-state index in [0.29, 0.717) is 0 Å². The van der Waals surface area contributed by atoms with Crippen LogP contribution in [0, 0.1) is 6.92 Å². The summed E-state index contributed by atoms with van der Waals surface area (Å²) < 4.78 is 7.08. The van der Waals surface area contributed by atoms with Crippen LogP contribution in [0.15, 0.2) is 352 Å². The Morgan fingerprint density at radius 2 is 0.556 bits per heavy atom. The van der Waals surface area contributed by atoms with Crippen LogP contribution in [-0.2, 0) is 12.8 Å². The summed E-state index contributed by atoms with van der Waals surface area (Å²) in [5, 5.41) is 21.0. The van der Waals surface area contributed by atoms with Gasteiger partial charge in [0.1, 0.15) is 0 Å². The first-order valence-corrected chi connectivity index (χ1v) is 34.3. The molecule has 0 aliphatic rings. The van der Waals surface area contributed by atoms with Crippen molar-refractivity contribution in [3.05, 3.63) is 369 Å². The summed E-state index contributed by atoms with van der Waals surface area (Å²) in [6.45, 7) is 6.58. The zero-order valence-corrected chi connectivity index (χ0v) is 55.7. The summed E-state index contributed by atoms with van der Waals surface area (Å²) in [4.78, 5) is 0. The lowest BCUT2D eigenvalue weighted by Crippen LogP contribution is -1.94. The number of nitrogens with one attached hydrogen (secondary N) is 3. The molecule has 15 aromatic carbocycles. The van der Waals surface area contributed by atoms with Crippen molar-refractivity contribution in [3.8, 4) is 39.3 Å². The number of hydrogen-bond acceptors (Lipinski definition) is 3. The Hall–Kier alpha value is -12.6. The summed E-state index contributed by atoms with van der Waals surface area (Å²) in [7, 11) is 0. The van der Waals surface area contributed by atoms with Crippen LogP contribution in [0.1, 0.15) is 30.5 Å². The zero-order valence-electron chi connectivity index (χ0n) is 55.7. The zero-order chi connectivity index (χ0) is 66.6. The maximum Gasteiger partial charge on any atom is 0.0542 e. The third kappa shape index (κ3) is 12.4. The molecule has 0 spiro atoms. The van der Waals surface area contributed by atoms with Gasteiger partial charge in [0.05, 0.1) is 33.1 Å². The van der Waals surface area contributed by atoms with Crippen LogP contribution in [0.4, 0.5) is 34.1 Å². The van der Waals surface area contributed by atoms with Gasteiger partial charge < -0.3 is 29.7 Å². The van der Waals surface area contributed by atoms with Crippen molar-refractivity contribution in [2.24, 2.45) is 0 Å². The quantitative estimate of drug-likeness (QED) is 0.108. The smallest absolute Gasteiger partial charge is 0.0542 e. The molecule has 18 rings (SSSR count). The van der Waals surface area contributed by atoms with Gasteiger partial charge in [-0.15, -0.1) is 0 Å². The first-order valence-electron chi connectivity index (χ1n) is 34.3. The third-order valence-corrected chi connectivity index (χ3v) is 19.1.